The number of ketones is 2. The molecule has 0 saturated heterocycles. The van der Waals surface area contributed by atoms with Crippen LogP contribution in [0, 0.1) is 11.8 Å². The van der Waals surface area contributed by atoms with Crippen molar-refractivity contribution in [3.05, 3.63) is 192 Å². The Morgan fingerprint density at radius 1 is 0.397 bits per heavy atom. The van der Waals surface area contributed by atoms with Crippen molar-refractivity contribution in [2.75, 3.05) is 67.8 Å². The van der Waals surface area contributed by atoms with Crippen LogP contribution in [0.4, 0.5) is 17.1 Å². The third-order valence-corrected chi connectivity index (χ3v) is 18.2. The van der Waals surface area contributed by atoms with E-state index in [0.717, 1.165) is 129 Å². The average Bonchev–Trinajstić information content (AvgIpc) is 0.836. The first-order valence-corrected chi connectivity index (χ1v) is 44.0. The molecule has 1 aliphatic rings. The molecule has 0 aliphatic carbocycles. The molecule has 0 bridgehead atoms. The van der Waals surface area contributed by atoms with E-state index in [9.17, 15) is 23.7 Å². The van der Waals surface area contributed by atoms with Gasteiger partial charge in [0.25, 0.3) is 5.56 Å². The van der Waals surface area contributed by atoms with Gasteiger partial charge in [-0.05, 0) is 167 Å². The second-order valence-electron chi connectivity index (χ2n) is 28.5. The lowest BCUT2D eigenvalue weighted by Gasteiger charge is -2.17. The number of esters is 1. The van der Waals surface area contributed by atoms with E-state index < -0.39 is 17.0 Å². The normalized spacial score (nSPS) is 11.3. The fourth-order valence-corrected chi connectivity index (χ4v) is 12.0. The predicted molar refractivity (Wildman–Crippen MR) is 491 cm³/mol. The van der Waals surface area contributed by atoms with Crippen molar-refractivity contribution in [3.63, 3.8) is 0 Å². The van der Waals surface area contributed by atoms with Gasteiger partial charge in [0.2, 0.25) is 5.78 Å². The van der Waals surface area contributed by atoms with E-state index in [-0.39, 0.29) is 59.4 Å². The van der Waals surface area contributed by atoms with Crippen LogP contribution < -0.4 is 50.2 Å². The number of hydrogen-bond acceptors (Lipinski definition) is 25. The minimum Gasteiger partial charge on any atom is -0.497 e. The zero-order valence-corrected chi connectivity index (χ0v) is 77.8. The second kappa shape index (κ2) is 48.6. The molecule has 12 aromatic rings. The largest absolute Gasteiger partial charge is 0.497 e. The van der Waals surface area contributed by atoms with Gasteiger partial charge in [-0.2, -0.15) is 0 Å². The molecule has 13 rings (SSSR count). The Labute approximate surface area is 739 Å². The van der Waals surface area contributed by atoms with Gasteiger partial charge >= 0.3 is 11.2 Å². The highest BCUT2D eigenvalue weighted by atomic mass is 36.0. The van der Waals surface area contributed by atoms with Crippen LogP contribution in [0.1, 0.15) is 167 Å². The molecule has 5 N–H and O–H groups in total. The molecule has 6 heterocycles. The maximum atomic E-state index is 11.8. The van der Waals surface area contributed by atoms with Crippen molar-refractivity contribution in [3.8, 4) is 40.2 Å². The second-order valence-corrected chi connectivity index (χ2v) is 36.6. The Morgan fingerprint density at radius 3 is 1.03 bits per heavy atom. The van der Waals surface area contributed by atoms with Gasteiger partial charge < -0.3 is 54.3 Å². The van der Waals surface area contributed by atoms with Crippen LogP contribution in [0.5, 0.6) is 40.2 Å². The number of ether oxygens (including phenoxy) is 8. The Morgan fingerprint density at radius 2 is 0.694 bits per heavy atom. The summed E-state index contributed by atoms with van der Waals surface area (Å²) in [5, 5.41) is -1.33. The summed E-state index contributed by atoms with van der Waals surface area (Å²) in [6.45, 7) is 29.5. The van der Waals surface area contributed by atoms with E-state index in [0.29, 0.717) is 49.8 Å². The minimum atomic E-state index is -3.22. The minimum absolute atomic E-state index is 0.111. The molecule has 648 valence electrons. The van der Waals surface area contributed by atoms with Gasteiger partial charge in [-0.1, -0.05) is 143 Å². The number of aromatic amines is 1. The van der Waals surface area contributed by atoms with E-state index in [4.69, 9.17) is 91.0 Å². The molecule has 0 radical (unpaired) electrons. The number of nitrogen functional groups attached to an aromatic ring is 2. The van der Waals surface area contributed by atoms with E-state index in [1.165, 1.54) is 0 Å². The summed E-state index contributed by atoms with van der Waals surface area (Å²) in [7, 11) is 11.3. The molecule has 0 unspecified atom stereocenters. The Kier molecular flexibility index (Phi) is 40.8. The molecular formula is C87H103Cl7N13O13P. The molecule has 26 nitrogen and oxygen atoms in total. The summed E-state index contributed by atoms with van der Waals surface area (Å²) in [5.41, 5.74) is 26.2. The average molecular weight is 1820 g/mol. The van der Waals surface area contributed by atoms with E-state index in [2.05, 4.69) is 93.3 Å². The monoisotopic (exact) mass is 1810 g/mol. The van der Waals surface area contributed by atoms with Crippen molar-refractivity contribution in [1.29, 1.82) is 0 Å². The number of nitrogens with two attached hydrogens (primary N) is 2. The van der Waals surface area contributed by atoms with Gasteiger partial charge in [0.05, 0.1) is 157 Å². The van der Waals surface area contributed by atoms with E-state index >= 15 is 0 Å². The number of halogens is 7. The first-order valence-electron chi connectivity index (χ1n) is 38.0. The molecule has 0 atom stereocenters. The lowest BCUT2D eigenvalue weighted by Crippen LogP contribution is -2.24. The third-order valence-electron chi connectivity index (χ3n) is 17.1. The van der Waals surface area contributed by atoms with Crippen molar-refractivity contribution in [2.45, 2.75) is 140 Å². The third kappa shape index (κ3) is 31.4. The van der Waals surface area contributed by atoms with Crippen LogP contribution in [0.15, 0.2) is 137 Å². The SMILES string of the molecule is CCOC(=O)C(=O)C(C)C.COc1ccc(N)c(N)c1.COc1ccc2[nH]c(=O)c(C(C)C)nc2c1.COc1ccc2c(c1)CC(=O)C(C(C)C)=N2.COc1ccc2nc(C(C)C)c(Cl)nc2c1.COc1ccc2nc(C(C)C)c(Cl)nc2c1.COc1ccc2nc(Cl)c(C(C)C)nc2c1.COc1ccc2nc(Cl)c(C(C)C)nc2c1.O=P(Cl)(Cl)Cl. The Bertz CT molecular complexity index is 5480. The van der Waals surface area contributed by atoms with Gasteiger partial charge in [0, 0.05) is 54.7 Å². The molecule has 0 amide bonds. The smallest absolute Gasteiger partial charge is 0.374 e. The number of methoxy groups -OCH3 is 7. The number of anilines is 2. The molecule has 7 aromatic carbocycles. The number of aromatic nitrogens is 10. The first-order chi connectivity index (χ1) is 57.0. The van der Waals surface area contributed by atoms with Crippen LogP contribution in [0.2, 0.25) is 20.6 Å². The number of carbonyl (C=O) groups excluding carboxylic acids is 3. The summed E-state index contributed by atoms with van der Waals surface area (Å²) in [6.07, 6.45) is 0.434. The number of aliphatic imine (C=N–C) groups is 1. The lowest BCUT2D eigenvalue weighted by molar-refractivity contribution is -0.154. The highest BCUT2D eigenvalue weighted by molar-refractivity contribution is 8.24. The molecule has 34 heteroatoms. The number of rotatable bonds is 16. The van der Waals surface area contributed by atoms with Gasteiger partial charge in [-0.15, -0.1) is 0 Å². The van der Waals surface area contributed by atoms with Crippen molar-refractivity contribution in [2.24, 2.45) is 16.8 Å². The highest BCUT2D eigenvalue weighted by Crippen LogP contribution is 2.61. The number of hydrogen-bond donors (Lipinski definition) is 3. The number of benzene rings is 7. The molecule has 121 heavy (non-hydrogen) atoms. The molecule has 1 aliphatic heterocycles. The summed E-state index contributed by atoms with van der Waals surface area (Å²) in [4.78, 5) is 91.8. The molecular weight excluding hydrogens is 1710 g/mol. The number of H-pyrrole nitrogens is 1. The summed E-state index contributed by atoms with van der Waals surface area (Å²) in [5.74, 6) is 5.34. The van der Waals surface area contributed by atoms with E-state index in [1.807, 2.05) is 180 Å². The van der Waals surface area contributed by atoms with Crippen LogP contribution in [-0.2, 0) is 30.1 Å². The zero-order valence-electron chi connectivity index (χ0n) is 71.6. The lowest BCUT2D eigenvalue weighted by atomic mass is 9.94. The Balaban J connectivity index is 0.000000245. The predicted octanol–water partition coefficient (Wildman–Crippen LogP) is 22.7. The number of nitrogens with one attached hydrogen (secondary N) is 1. The van der Waals surface area contributed by atoms with Crippen molar-refractivity contribution in [1.82, 2.24) is 49.8 Å². The fraction of sp³-hybridized carbons (Fsp3) is 0.356. The molecule has 0 fully saturated rings. The van der Waals surface area contributed by atoms with Crippen LogP contribution in [0.25, 0.3) is 55.2 Å². The standard InChI is InChI=1S/C13H15NO2.4C12H13ClN2O.C12H14N2O2.C7H10N2O.C7H12O3.Cl3OP/c1-8(2)13-12(15)7-9-6-10(16-3)4-5-11(9)14-13;2*1-7(2)11-12(13)15-9-5-4-8(16-3)6-10(9)14-11;2*1-7(2)11-12(13)15-10-6-8(16-3)4-5-9(10)14-11;1-7(2)11-12(15)14-9-5-4-8(16-3)6-10(9)13-11;1-10-5-2-3-6(8)7(9)4-5;1-4-10-7(9)6(8)5(2)3;1-5(2,3)4/h4-6,8H,7H2,1-3H3;4*4-7H,1-3H3;4-7H,1-3H3,(H,14,15);2-4H,8-9H2,1H3;5H,4H2,1-3H3;. The topological polar surface area (TPSA) is 355 Å². The van der Waals surface area contributed by atoms with Crippen LogP contribution in [0.3, 0.4) is 0 Å². The fourth-order valence-electron chi connectivity index (χ4n) is 10.6. The maximum absolute atomic E-state index is 11.8. The molecule has 0 spiro atoms. The zero-order chi connectivity index (χ0) is 90.4. The number of nitrogens with zero attached hydrogens (tertiary/aromatic N) is 10. The summed E-state index contributed by atoms with van der Waals surface area (Å²) >= 11 is 38.1. The highest BCUT2D eigenvalue weighted by Gasteiger charge is 2.24. The number of fused-ring (bicyclic) bond motifs is 6. The molecule has 0 saturated carbocycles. The maximum Gasteiger partial charge on any atom is 0.374 e. The summed E-state index contributed by atoms with van der Waals surface area (Å²) < 4.78 is 49.7. The first kappa shape index (κ1) is 102. The van der Waals surface area contributed by atoms with E-state index in [1.54, 1.807) is 101 Å². The van der Waals surface area contributed by atoms with Gasteiger partial charge in [-0.25, -0.2) is 54.6 Å². The van der Waals surface area contributed by atoms with Crippen molar-refractivity contribution < 1.29 is 56.8 Å². The number of Topliss-reactive ketones (excluding diaryl/α,β-unsaturated/α-hetero) is 2. The van der Waals surface area contributed by atoms with Gasteiger partial charge in [0.15, 0.2) is 26.4 Å². The van der Waals surface area contributed by atoms with Gasteiger partial charge in [0.1, 0.15) is 45.9 Å². The Hall–Kier alpha value is -10.0. The number of carbonyl (C=O) groups is 3. The van der Waals surface area contributed by atoms with Crippen molar-refractivity contribution >= 4 is 181 Å². The van der Waals surface area contributed by atoms with Crippen LogP contribution >= 0.6 is 85.3 Å². The quantitative estimate of drug-likeness (QED) is 0.0350. The van der Waals surface area contributed by atoms with Crippen LogP contribution in [-0.4, -0.2) is 129 Å². The summed E-state index contributed by atoms with van der Waals surface area (Å²) in [6, 6.07) is 38.6. The van der Waals surface area contributed by atoms with Gasteiger partial charge in [-0.3, -0.25) is 18.9 Å². The molecule has 5 aromatic heterocycles.